The van der Waals surface area contributed by atoms with Gasteiger partial charge in [-0.3, -0.25) is 4.79 Å². The number of carbonyl (C=O) groups is 1. The molecule has 128 valence electrons. The predicted octanol–water partition coefficient (Wildman–Crippen LogP) is 4.36. The number of aromatic nitrogens is 2. The highest BCUT2D eigenvalue weighted by Gasteiger charge is 2.26. The van der Waals surface area contributed by atoms with Crippen LogP contribution in [0.3, 0.4) is 0 Å². The minimum atomic E-state index is -0.00182. The number of amides is 1. The summed E-state index contributed by atoms with van der Waals surface area (Å²) in [5.41, 5.74) is 6.73. The molecule has 1 aromatic carbocycles. The first-order chi connectivity index (χ1) is 12.1. The molecule has 1 aliphatic rings. The first-order valence-corrected chi connectivity index (χ1v) is 9.55. The van der Waals surface area contributed by atoms with Gasteiger partial charge in [0.2, 0.25) is 0 Å². The minimum absolute atomic E-state index is 0.00182. The lowest BCUT2D eigenvalue weighted by molar-refractivity contribution is 0.0933. The summed E-state index contributed by atoms with van der Waals surface area (Å²) < 4.78 is 2.03. The molecule has 2 heterocycles. The number of nitrogens with zero attached hydrogens (tertiary/aromatic N) is 2. The second-order valence-electron chi connectivity index (χ2n) is 6.66. The quantitative estimate of drug-likeness (QED) is 0.762. The van der Waals surface area contributed by atoms with Crippen molar-refractivity contribution in [3.8, 4) is 5.69 Å². The third kappa shape index (κ3) is 3.00. The Balaban J connectivity index is 1.64. The molecule has 1 atom stereocenters. The number of benzene rings is 1. The van der Waals surface area contributed by atoms with E-state index in [9.17, 15) is 4.79 Å². The van der Waals surface area contributed by atoms with Crippen LogP contribution < -0.4 is 5.32 Å². The zero-order valence-corrected chi connectivity index (χ0v) is 15.3. The van der Waals surface area contributed by atoms with Gasteiger partial charge >= 0.3 is 0 Å². The summed E-state index contributed by atoms with van der Waals surface area (Å²) in [6.45, 7) is 4.24. The van der Waals surface area contributed by atoms with Gasteiger partial charge in [-0.25, -0.2) is 4.68 Å². The van der Waals surface area contributed by atoms with E-state index in [1.165, 1.54) is 16.8 Å². The Labute approximate surface area is 151 Å². The van der Waals surface area contributed by atoms with Crippen molar-refractivity contribution >= 4 is 17.2 Å². The maximum Gasteiger partial charge on any atom is 0.252 e. The minimum Gasteiger partial charge on any atom is -0.345 e. The SMILES string of the molecule is Cc1ccc(-n2ncc3c2CCCC3NC(=O)c2ccsc2)cc1C. The smallest absolute Gasteiger partial charge is 0.252 e. The monoisotopic (exact) mass is 351 g/mol. The summed E-state index contributed by atoms with van der Waals surface area (Å²) >= 11 is 1.54. The van der Waals surface area contributed by atoms with Crippen LogP contribution >= 0.6 is 11.3 Å². The molecule has 1 amide bonds. The molecule has 0 spiro atoms. The van der Waals surface area contributed by atoms with Crippen LogP contribution in [0.2, 0.25) is 0 Å². The van der Waals surface area contributed by atoms with Crippen LogP contribution in [0.25, 0.3) is 5.69 Å². The Kier molecular flexibility index (Phi) is 4.17. The Morgan fingerprint density at radius 1 is 1.28 bits per heavy atom. The van der Waals surface area contributed by atoms with Gasteiger partial charge in [0.05, 0.1) is 23.5 Å². The highest BCUT2D eigenvalue weighted by atomic mass is 32.1. The maximum atomic E-state index is 12.4. The number of aryl methyl sites for hydroxylation is 2. The molecule has 25 heavy (non-hydrogen) atoms. The van der Waals surface area contributed by atoms with Crippen molar-refractivity contribution in [2.75, 3.05) is 0 Å². The van der Waals surface area contributed by atoms with E-state index >= 15 is 0 Å². The van der Waals surface area contributed by atoms with Crippen molar-refractivity contribution in [2.45, 2.75) is 39.2 Å². The normalized spacial score (nSPS) is 16.5. The van der Waals surface area contributed by atoms with Gasteiger partial charge in [-0.1, -0.05) is 6.07 Å². The Bertz CT molecular complexity index is 911. The van der Waals surface area contributed by atoms with E-state index in [1.54, 1.807) is 11.3 Å². The van der Waals surface area contributed by atoms with E-state index < -0.39 is 0 Å². The number of hydrogen-bond donors (Lipinski definition) is 1. The lowest BCUT2D eigenvalue weighted by Crippen LogP contribution is -2.30. The Hall–Kier alpha value is -2.40. The van der Waals surface area contributed by atoms with Crippen molar-refractivity contribution in [1.82, 2.24) is 15.1 Å². The van der Waals surface area contributed by atoms with Gasteiger partial charge in [-0.2, -0.15) is 16.4 Å². The first kappa shape index (κ1) is 16.1. The van der Waals surface area contributed by atoms with Gasteiger partial charge in [-0.15, -0.1) is 0 Å². The molecule has 4 rings (SSSR count). The van der Waals surface area contributed by atoms with Crippen molar-refractivity contribution < 1.29 is 4.79 Å². The molecule has 0 radical (unpaired) electrons. The van der Waals surface area contributed by atoms with Crippen LogP contribution in [0.1, 0.15) is 51.6 Å². The van der Waals surface area contributed by atoms with Gasteiger partial charge in [0.15, 0.2) is 0 Å². The standard InChI is InChI=1S/C20H21N3OS/c1-13-6-7-16(10-14(13)2)23-19-5-3-4-18(17(19)11-21-23)22-20(24)15-8-9-25-12-15/h6-12,18H,3-5H2,1-2H3,(H,22,24). The molecule has 1 unspecified atom stereocenters. The summed E-state index contributed by atoms with van der Waals surface area (Å²) in [5, 5.41) is 11.6. The molecule has 3 aromatic rings. The zero-order valence-electron chi connectivity index (χ0n) is 14.5. The lowest BCUT2D eigenvalue weighted by atomic mass is 9.92. The summed E-state index contributed by atoms with van der Waals surface area (Å²) in [6, 6.07) is 8.33. The van der Waals surface area contributed by atoms with Crippen molar-refractivity contribution in [1.29, 1.82) is 0 Å². The van der Waals surface area contributed by atoms with Crippen molar-refractivity contribution in [3.63, 3.8) is 0 Å². The van der Waals surface area contributed by atoms with Gasteiger partial charge in [0.25, 0.3) is 5.91 Å². The van der Waals surface area contributed by atoms with Gasteiger partial charge in [-0.05, 0) is 67.8 Å². The van der Waals surface area contributed by atoms with Crippen LogP contribution in [0.4, 0.5) is 0 Å². The fourth-order valence-corrected chi connectivity index (χ4v) is 4.06. The molecule has 0 aliphatic heterocycles. The van der Waals surface area contributed by atoms with E-state index in [4.69, 9.17) is 0 Å². The molecule has 0 saturated carbocycles. The number of fused-ring (bicyclic) bond motifs is 1. The number of thiophene rings is 1. The molecule has 0 saturated heterocycles. The fourth-order valence-electron chi connectivity index (χ4n) is 3.42. The van der Waals surface area contributed by atoms with Crippen LogP contribution in [-0.4, -0.2) is 15.7 Å². The topological polar surface area (TPSA) is 46.9 Å². The average molecular weight is 351 g/mol. The molecular formula is C20H21N3OS. The van der Waals surface area contributed by atoms with Crippen LogP contribution in [0.15, 0.2) is 41.2 Å². The number of rotatable bonds is 3. The highest BCUT2D eigenvalue weighted by molar-refractivity contribution is 7.08. The van der Waals surface area contributed by atoms with Crippen LogP contribution in [0, 0.1) is 13.8 Å². The first-order valence-electron chi connectivity index (χ1n) is 8.61. The third-order valence-corrected chi connectivity index (χ3v) is 5.69. The number of hydrogen-bond acceptors (Lipinski definition) is 3. The predicted molar refractivity (Wildman–Crippen MR) is 101 cm³/mol. The van der Waals surface area contributed by atoms with E-state index in [1.807, 2.05) is 27.7 Å². The maximum absolute atomic E-state index is 12.4. The van der Waals surface area contributed by atoms with E-state index in [2.05, 4.69) is 42.5 Å². The summed E-state index contributed by atoms with van der Waals surface area (Å²) in [4.78, 5) is 12.4. The number of carbonyl (C=O) groups excluding carboxylic acids is 1. The third-order valence-electron chi connectivity index (χ3n) is 5.01. The van der Waals surface area contributed by atoms with Crippen LogP contribution in [-0.2, 0) is 6.42 Å². The summed E-state index contributed by atoms with van der Waals surface area (Å²) in [5.74, 6) is -0.00182. The fraction of sp³-hybridized carbons (Fsp3) is 0.300. The van der Waals surface area contributed by atoms with Gasteiger partial charge in [0, 0.05) is 16.6 Å². The van der Waals surface area contributed by atoms with Crippen LogP contribution in [0.5, 0.6) is 0 Å². The van der Waals surface area contributed by atoms with Crippen molar-refractivity contribution in [2.24, 2.45) is 0 Å². The average Bonchev–Trinajstić information content (AvgIpc) is 3.27. The summed E-state index contributed by atoms with van der Waals surface area (Å²) in [6.07, 6.45) is 4.93. The van der Waals surface area contributed by atoms with E-state index in [-0.39, 0.29) is 11.9 Å². The zero-order chi connectivity index (χ0) is 17.4. The summed E-state index contributed by atoms with van der Waals surface area (Å²) in [7, 11) is 0. The molecular weight excluding hydrogens is 330 g/mol. The highest BCUT2D eigenvalue weighted by Crippen LogP contribution is 2.31. The van der Waals surface area contributed by atoms with Gasteiger partial charge in [0.1, 0.15) is 0 Å². The molecule has 0 bridgehead atoms. The molecule has 2 aromatic heterocycles. The van der Waals surface area contributed by atoms with E-state index in [0.29, 0.717) is 0 Å². The molecule has 1 N–H and O–H groups in total. The second kappa shape index (κ2) is 6.48. The second-order valence-corrected chi connectivity index (χ2v) is 7.44. The largest absolute Gasteiger partial charge is 0.345 e. The molecule has 5 heteroatoms. The van der Waals surface area contributed by atoms with Crippen molar-refractivity contribution in [3.05, 3.63) is 69.2 Å². The lowest BCUT2D eigenvalue weighted by Gasteiger charge is -2.24. The Morgan fingerprint density at radius 3 is 2.92 bits per heavy atom. The molecule has 0 fully saturated rings. The molecule has 1 aliphatic carbocycles. The Morgan fingerprint density at radius 2 is 2.16 bits per heavy atom. The van der Waals surface area contributed by atoms with E-state index in [0.717, 1.165) is 36.1 Å². The van der Waals surface area contributed by atoms with Gasteiger partial charge < -0.3 is 5.32 Å². The number of nitrogens with one attached hydrogen (secondary N) is 1. The molecule has 4 nitrogen and oxygen atoms in total.